The van der Waals surface area contributed by atoms with Crippen molar-refractivity contribution in [3.05, 3.63) is 60.4 Å². The number of hydrogen-bond acceptors (Lipinski definition) is 4. The quantitative estimate of drug-likeness (QED) is 0.892. The number of hydrogen-bond donors (Lipinski definition) is 2. The molecule has 0 spiro atoms. The van der Waals surface area contributed by atoms with Gasteiger partial charge in [-0.05, 0) is 18.2 Å². The lowest BCUT2D eigenvalue weighted by molar-refractivity contribution is -0.115. The van der Waals surface area contributed by atoms with E-state index >= 15 is 0 Å². The molecule has 5 heteroatoms. The molecule has 1 amide bonds. The van der Waals surface area contributed by atoms with Crippen LogP contribution in [-0.2, 0) is 4.79 Å². The van der Waals surface area contributed by atoms with Gasteiger partial charge in [0.05, 0.1) is 18.4 Å². The molecule has 1 aromatic carbocycles. The number of ether oxygens (including phenoxy) is 1. The summed E-state index contributed by atoms with van der Waals surface area (Å²) in [5.74, 6) is 1.19. The minimum absolute atomic E-state index is 0.0792. The molecule has 20 heavy (non-hydrogen) atoms. The van der Waals surface area contributed by atoms with Gasteiger partial charge in [-0.25, -0.2) is 4.98 Å². The van der Waals surface area contributed by atoms with Crippen LogP contribution in [0, 0.1) is 0 Å². The van der Waals surface area contributed by atoms with Crippen LogP contribution in [0.5, 0.6) is 11.6 Å². The second kappa shape index (κ2) is 5.44. The zero-order valence-corrected chi connectivity index (χ0v) is 10.7. The maximum Gasteiger partial charge on any atom is 0.246 e. The van der Waals surface area contributed by atoms with E-state index in [1.165, 1.54) is 6.08 Å². The fourth-order valence-corrected chi connectivity index (χ4v) is 1.83. The molecule has 100 valence electrons. The van der Waals surface area contributed by atoms with E-state index in [0.29, 0.717) is 12.4 Å². The van der Waals surface area contributed by atoms with E-state index in [1.54, 1.807) is 12.3 Å². The molecule has 1 aromatic heterocycles. The Kier molecular flexibility index (Phi) is 3.33. The highest BCUT2D eigenvalue weighted by Crippen LogP contribution is 2.20. The SMILES string of the molecule is O=C1C=C(Nc2ccc(Oc3ccccc3)nc2)CN1. The van der Waals surface area contributed by atoms with E-state index in [9.17, 15) is 4.79 Å². The van der Waals surface area contributed by atoms with E-state index in [2.05, 4.69) is 15.6 Å². The Balaban J connectivity index is 1.66. The average molecular weight is 267 g/mol. The summed E-state index contributed by atoms with van der Waals surface area (Å²) in [6.07, 6.45) is 3.20. The van der Waals surface area contributed by atoms with Crippen LogP contribution in [-0.4, -0.2) is 17.4 Å². The number of anilines is 1. The fourth-order valence-electron chi connectivity index (χ4n) is 1.83. The van der Waals surface area contributed by atoms with Gasteiger partial charge < -0.3 is 15.4 Å². The van der Waals surface area contributed by atoms with Crippen molar-refractivity contribution in [1.82, 2.24) is 10.3 Å². The smallest absolute Gasteiger partial charge is 0.246 e. The lowest BCUT2D eigenvalue weighted by Crippen LogP contribution is -2.16. The molecule has 0 atom stereocenters. The Morgan fingerprint density at radius 2 is 2.00 bits per heavy atom. The van der Waals surface area contributed by atoms with Gasteiger partial charge in [0.25, 0.3) is 0 Å². The second-order valence-electron chi connectivity index (χ2n) is 4.31. The number of nitrogens with one attached hydrogen (secondary N) is 2. The van der Waals surface area contributed by atoms with E-state index in [-0.39, 0.29) is 5.91 Å². The minimum atomic E-state index is -0.0792. The number of amides is 1. The Labute approximate surface area is 116 Å². The zero-order chi connectivity index (χ0) is 13.8. The third kappa shape index (κ3) is 2.95. The van der Waals surface area contributed by atoms with Crippen LogP contribution in [0.4, 0.5) is 5.69 Å². The standard InChI is InChI=1S/C15H13N3O2/c19-14-8-12(10-16-14)18-11-6-7-15(17-9-11)20-13-4-2-1-3-5-13/h1-9,18H,10H2,(H,16,19). The van der Waals surface area contributed by atoms with Crippen LogP contribution in [0.1, 0.15) is 0 Å². The van der Waals surface area contributed by atoms with E-state index < -0.39 is 0 Å². The molecule has 1 aliphatic heterocycles. The topological polar surface area (TPSA) is 63.2 Å². The number of rotatable bonds is 4. The highest BCUT2D eigenvalue weighted by Gasteiger charge is 2.10. The number of carbonyl (C=O) groups is 1. The first kappa shape index (κ1) is 12.2. The van der Waals surface area contributed by atoms with Crippen LogP contribution in [0.2, 0.25) is 0 Å². The summed E-state index contributed by atoms with van der Waals surface area (Å²) in [6.45, 7) is 0.515. The Morgan fingerprint density at radius 1 is 1.15 bits per heavy atom. The van der Waals surface area contributed by atoms with Crippen LogP contribution < -0.4 is 15.4 Å². The molecular formula is C15H13N3O2. The monoisotopic (exact) mass is 267 g/mol. The summed E-state index contributed by atoms with van der Waals surface area (Å²) >= 11 is 0. The normalized spacial score (nSPS) is 13.6. The number of pyridine rings is 1. The summed E-state index contributed by atoms with van der Waals surface area (Å²) in [7, 11) is 0. The van der Waals surface area contributed by atoms with Gasteiger partial charge in [-0.2, -0.15) is 0 Å². The summed E-state index contributed by atoms with van der Waals surface area (Å²) in [5.41, 5.74) is 1.64. The fraction of sp³-hybridized carbons (Fsp3) is 0.0667. The molecule has 0 radical (unpaired) electrons. The average Bonchev–Trinajstić information content (AvgIpc) is 2.88. The first-order chi connectivity index (χ1) is 9.79. The Morgan fingerprint density at radius 3 is 2.65 bits per heavy atom. The Hall–Kier alpha value is -2.82. The first-order valence-electron chi connectivity index (χ1n) is 6.24. The predicted molar refractivity (Wildman–Crippen MR) is 75.5 cm³/mol. The van der Waals surface area contributed by atoms with E-state index in [4.69, 9.17) is 4.74 Å². The van der Waals surface area contributed by atoms with Crippen LogP contribution in [0.3, 0.4) is 0 Å². The third-order valence-electron chi connectivity index (χ3n) is 2.77. The van der Waals surface area contributed by atoms with Gasteiger partial charge >= 0.3 is 0 Å². The summed E-state index contributed by atoms with van der Waals surface area (Å²) in [6, 6.07) is 13.1. The number of aromatic nitrogens is 1. The molecule has 5 nitrogen and oxygen atoms in total. The number of benzene rings is 1. The largest absolute Gasteiger partial charge is 0.439 e. The summed E-state index contributed by atoms with van der Waals surface area (Å²) in [5, 5.41) is 5.82. The van der Waals surface area contributed by atoms with Crippen molar-refractivity contribution in [2.75, 3.05) is 11.9 Å². The Bertz CT molecular complexity index is 636. The summed E-state index contributed by atoms with van der Waals surface area (Å²) in [4.78, 5) is 15.3. The third-order valence-corrected chi connectivity index (χ3v) is 2.77. The second-order valence-corrected chi connectivity index (χ2v) is 4.31. The van der Waals surface area contributed by atoms with Gasteiger partial charge in [-0.1, -0.05) is 18.2 Å². The first-order valence-corrected chi connectivity index (χ1v) is 6.24. The number of carbonyl (C=O) groups excluding carboxylic acids is 1. The number of para-hydroxylation sites is 1. The molecular weight excluding hydrogens is 254 g/mol. The maximum absolute atomic E-state index is 11.0. The van der Waals surface area contributed by atoms with Crippen LogP contribution in [0.15, 0.2) is 60.4 Å². The highest BCUT2D eigenvalue weighted by atomic mass is 16.5. The molecule has 2 aromatic rings. The predicted octanol–water partition coefficient (Wildman–Crippen LogP) is 2.30. The molecule has 0 bridgehead atoms. The molecule has 0 saturated carbocycles. The maximum atomic E-state index is 11.0. The van der Waals surface area contributed by atoms with Crippen molar-refractivity contribution >= 4 is 11.6 Å². The molecule has 0 aliphatic carbocycles. The molecule has 0 fully saturated rings. The lowest BCUT2D eigenvalue weighted by atomic mass is 10.3. The molecule has 2 N–H and O–H groups in total. The summed E-state index contributed by atoms with van der Waals surface area (Å²) < 4.78 is 5.60. The van der Waals surface area contributed by atoms with Gasteiger partial charge in [0.2, 0.25) is 11.8 Å². The molecule has 1 aliphatic rings. The van der Waals surface area contributed by atoms with Crippen molar-refractivity contribution in [2.45, 2.75) is 0 Å². The highest BCUT2D eigenvalue weighted by molar-refractivity contribution is 5.91. The van der Waals surface area contributed by atoms with E-state index in [0.717, 1.165) is 17.1 Å². The molecule has 3 rings (SSSR count). The van der Waals surface area contributed by atoms with Gasteiger partial charge in [0.1, 0.15) is 5.75 Å². The van der Waals surface area contributed by atoms with Crippen molar-refractivity contribution in [2.24, 2.45) is 0 Å². The van der Waals surface area contributed by atoms with Crippen molar-refractivity contribution < 1.29 is 9.53 Å². The van der Waals surface area contributed by atoms with Crippen LogP contribution in [0.25, 0.3) is 0 Å². The van der Waals surface area contributed by atoms with E-state index in [1.807, 2.05) is 36.4 Å². The van der Waals surface area contributed by atoms with Crippen molar-refractivity contribution in [1.29, 1.82) is 0 Å². The van der Waals surface area contributed by atoms with Gasteiger partial charge in [-0.3, -0.25) is 4.79 Å². The minimum Gasteiger partial charge on any atom is -0.439 e. The molecule has 0 saturated heterocycles. The van der Waals surface area contributed by atoms with Crippen molar-refractivity contribution in [3.63, 3.8) is 0 Å². The lowest BCUT2D eigenvalue weighted by Gasteiger charge is -2.08. The van der Waals surface area contributed by atoms with Gasteiger partial charge in [0.15, 0.2) is 0 Å². The van der Waals surface area contributed by atoms with Crippen LogP contribution >= 0.6 is 0 Å². The number of nitrogens with zero attached hydrogens (tertiary/aromatic N) is 1. The van der Waals surface area contributed by atoms with Gasteiger partial charge in [-0.15, -0.1) is 0 Å². The molecule has 2 heterocycles. The molecule has 0 unspecified atom stereocenters. The van der Waals surface area contributed by atoms with Crippen molar-refractivity contribution in [3.8, 4) is 11.6 Å². The zero-order valence-electron chi connectivity index (χ0n) is 10.7. The van der Waals surface area contributed by atoms with Gasteiger partial charge in [0, 0.05) is 17.8 Å².